The number of anilines is 1. The molecule has 1 aliphatic rings. The zero-order chi connectivity index (χ0) is 18.8. The minimum absolute atomic E-state index is 0.0940. The van der Waals surface area contributed by atoms with E-state index < -0.39 is 0 Å². The van der Waals surface area contributed by atoms with Crippen LogP contribution in [0.1, 0.15) is 24.1 Å². The number of hydrogen-bond acceptors (Lipinski definition) is 3. The van der Waals surface area contributed by atoms with Crippen LogP contribution >= 0.6 is 35.4 Å². The van der Waals surface area contributed by atoms with E-state index in [0.29, 0.717) is 20.8 Å². The summed E-state index contributed by atoms with van der Waals surface area (Å²) < 4.78 is 10.9. The quantitative estimate of drug-likeness (QED) is 0.691. The fraction of sp³-hybridized carbons (Fsp3) is 0.316. The van der Waals surface area contributed by atoms with Crippen molar-refractivity contribution in [2.45, 2.75) is 19.4 Å². The Hall–Kier alpha value is -1.69. The summed E-state index contributed by atoms with van der Waals surface area (Å²) in [6.07, 6.45) is 0.866. The van der Waals surface area contributed by atoms with Crippen molar-refractivity contribution < 1.29 is 9.47 Å². The number of nitrogens with zero attached hydrogens (tertiary/aromatic N) is 1. The molecule has 1 N–H and O–H groups in total. The number of rotatable bonds is 3. The summed E-state index contributed by atoms with van der Waals surface area (Å²) in [5, 5.41) is 5.01. The maximum absolute atomic E-state index is 6.24. The highest BCUT2D eigenvalue weighted by Crippen LogP contribution is 2.38. The number of benzene rings is 2. The van der Waals surface area contributed by atoms with Gasteiger partial charge < -0.3 is 19.7 Å². The molecule has 26 heavy (non-hydrogen) atoms. The number of fused-ring (bicyclic) bond motifs is 1. The molecule has 0 saturated heterocycles. The third kappa shape index (κ3) is 3.70. The SMILES string of the molecule is COc1cc2c(cc1OC)C(C)N(C(=S)Nc1cc(Cl)ccc1Cl)CC2. The highest BCUT2D eigenvalue weighted by atomic mass is 35.5. The molecule has 0 spiro atoms. The molecule has 0 aromatic heterocycles. The predicted molar refractivity (Wildman–Crippen MR) is 111 cm³/mol. The van der Waals surface area contributed by atoms with Crippen molar-refractivity contribution in [1.82, 2.24) is 4.90 Å². The lowest BCUT2D eigenvalue weighted by Gasteiger charge is -2.37. The summed E-state index contributed by atoms with van der Waals surface area (Å²) in [6.45, 7) is 2.92. The third-order valence-corrected chi connectivity index (χ3v) is 5.52. The summed E-state index contributed by atoms with van der Waals surface area (Å²) in [6, 6.07) is 9.44. The molecule has 0 aliphatic carbocycles. The molecule has 1 atom stereocenters. The molecule has 2 aromatic rings. The Balaban J connectivity index is 1.85. The van der Waals surface area contributed by atoms with E-state index in [0.717, 1.165) is 24.5 Å². The minimum Gasteiger partial charge on any atom is -0.493 e. The number of halogens is 2. The van der Waals surface area contributed by atoms with Gasteiger partial charge in [-0.1, -0.05) is 23.2 Å². The molecule has 138 valence electrons. The average Bonchev–Trinajstić information content (AvgIpc) is 2.64. The van der Waals surface area contributed by atoms with Crippen LogP contribution in [-0.2, 0) is 6.42 Å². The zero-order valence-corrected chi connectivity index (χ0v) is 17.1. The maximum atomic E-state index is 6.24. The van der Waals surface area contributed by atoms with Gasteiger partial charge in [-0.05, 0) is 67.0 Å². The molecule has 0 fully saturated rings. The van der Waals surface area contributed by atoms with E-state index in [1.165, 1.54) is 11.1 Å². The topological polar surface area (TPSA) is 33.7 Å². The third-order valence-electron chi connectivity index (χ3n) is 4.62. The fourth-order valence-corrected chi connectivity index (χ4v) is 3.90. The second kappa shape index (κ2) is 7.91. The smallest absolute Gasteiger partial charge is 0.173 e. The van der Waals surface area contributed by atoms with Crippen molar-refractivity contribution >= 4 is 46.2 Å². The first-order chi connectivity index (χ1) is 12.4. The molecular weight excluding hydrogens is 391 g/mol. The summed E-state index contributed by atoms with van der Waals surface area (Å²) in [7, 11) is 3.29. The van der Waals surface area contributed by atoms with Crippen molar-refractivity contribution in [3.63, 3.8) is 0 Å². The molecule has 0 radical (unpaired) electrons. The van der Waals surface area contributed by atoms with Gasteiger partial charge in [0.25, 0.3) is 0 Å². The van der Waals surface area contributed by atoms with Gasteiger partial charge in [-0.15, -0.1) is 0 Å². The summed E-state index contributed by atoms with van der Waals surface area (Å²) in [5.74, 6) is 1.47. The van der Waals surface area contributed by atoms with E-state index in [1.54, 1.807) is 32.4 Å². The first kappa shape index (κ1) is 19.1. The van der Waals surface area contributed by atoms with Crippen molar-refractivity contribution in [1.29, 1.82) is 0 Å². The summed E-state index contributed by atoms with van der Waals surface area (Å²) in [5.41, 5.74) is 3.12. The van der Waals surface area contributed by atoms with Crippen LogP contribution in [0.25, 0.3) is 0 Å². The molecule has 2 aromatic carbocycles. The van der Waals surface area contributed by atoms with Gasteiger partial charge >= 0.3 is 0 Å². The molecule has 3 rings (SSSR count). The minimum atomic E-state index is 0.0940. The normalized spacial score (nSPS) is 16.0. The van der Waals surface area contributed by atoms with Crippen LogP contribution in [0.2, 0.25) is 10.0 Å². The molecular formula is C19H20Cl2N2O2S. The van der Waals surface area contributed by atoms with Crippen molar-refractivity contribution in [3.05, 3.63) is 51.5 Å². The Kier molecular flexibility index (Phi) is 5.80. The van der Waals surface area contributed by atoms with E-state index >= 15 is 0 Å². The Morgan fingerprint density at radius 3 is 2.54 bits per heavy atom. The highest BCUT2D eigenvalue weighted by Gasteiger charge is 2.27. The molecule has 0 amide bonds. The van der Waals surface area contributed by atoms with Crippen molar-refractivity contribution in [2.24, 2.45) is 0 Å². The Morgan fingerprint density at radius 1 is 1.15 bits per heavy atom. The molecule has 0 bridgehead atoms. The van der Waals surface area contributed by atoms with Gasteiger partial charge in [0.1, 0.15) is 0 Å². The Morgan fingerprint density at radius 2 is 1.85 bits per heavy atom. The maximum Gasteiger partial charge on any atom is 0.173 e. The van der Waals surface area contributed by atoms with Crippen LogP contribution in [0, 0.1) is 0 Å². The standard InChI is InChI=1S/C19H20Cl2N2O2S/c1-11-14-10-18(25-3)17(24-2)8-12(14)6-7-23(11)19(26)22-16-9-13(20)4-5-15(16)21/h4-5,8-11H,6-7H2,1-3H3,(H,22,26). The molecule has 1 unspecified atom stereocenters. The number of ether oxygens (including phenoxy) is 2. The number of nitrogens with one attached hydrogen (secondary N) is 1. The number of hydrogen-bond donors (Lipinski definition) is 1. The largest absolute Gasteiger partial charge is 0.493 e. The molecule has 7 heteroatoms. The van der Waals surface area contributed by atoms with E-state index in [1.807, 2.05) is 12.1 Å². The van der Waals surface area contributed by atoms with Gasteiger partial charge in [0.2, 0.25) is 0 Å². The van der Waals surface area contributed by atoms with Crippen LogP contribution < -0.4 is 14.8 Å². The van der Waals surface area contributed by atoms with Crippen LogP contribution in [0.5, 0.6) is 11.5 Å². The number of methoxy groups -OCH3 is 2. The van der Waals surface area contributed by atoms with Crippen LogP contribution in [0.4, 0.5) is 5.69 Å². The second-order valence-electron chi connectivity index (χ2n) is 6.08. The molecule has 1 aliphatic heterocycles. The van der Waals surface area contributed by atoms with E-state index in [9.17, 15) is 0 Å². The van der Waals surface area contributed by atoms with Gasteiger partial charge in [0, 0.05) is 11.6 Å². The lowest BCUT2D eigenvalue weighted by Crippen LogP contribution is -2.41. The van der Waals surface area contributed by atoms with Gasteiger partial charge in [0.05, 0.1) is 31.0 Å². The highest BCUT2D eigenvalue weighted by molar-refractivity contribution is 7.80. The van der Waals surface area contributed by atoms with Gasteiger partial charge in [-0.25, -0.2) is 0 Å². The van der Waals surface area contributed by atoms with E-state index in [2.05, 4.69) is 17.1 Å². The lowest BCUT2D eigenvalue weighted by molar-refractivity contribution is 0.316. The van der Waals surface area contributed by atoms with Crippen molar-refractivity contribution in [2.75, 3.05) is 26.1 Å². The molecule has 0 saturated carbocycles. The van der Waals surface area contributed by atoms with Crippen LogP contribution in [-0.4, -0.2) is 30.8 Å². The predicted octanol–water partition coefficient (Wildman–Crippen LogP) is 5.33. The number of thiocarbonyl (C=S) groups is 1. The summed E-state index contributed by atoms with van der Waals surface area (Å²) in [4.78, 5) is 2.14. The van der Waals surface area contributed by atoms with Gasteiger partial charge in [0.15, 0.2) is 16.6 Å². The molecule has 4 nitrogen and oxygen atoms in total. The second-order valence-corrected chi connectivity index (χ2v) is 7.31. The first-order valence-electron chi connectivity index (χ1n) is 8.22. The van der Waals surface area contributed by atoms with E-state index in [4.69, 9.17) is 44.9 Å². The fourth-order valence-electron chi connectivity index (χ4n) is 3.20. The lowest BCUT2D eigenvalue weighted by atomic mass is 9.93. The van der Waals surface area contributed by atoms with Crippen LogP contribution in [0.3, 0.4) is 0 Å². The van der Waals surface area contributed by atoms with E-state index in [-0.39, 0.29) is 6.04 Å². The molecule has 1 heterocycles. The first-order valence-corrected chi connectivity index (χ1v) is 9.38. The average molecular weight is 411 g/mol. The van der Waals surface area contributed by atoms with Crippen LogP contribution in [0.15, 0.2) is 30.3 Å². The Bertz CT molecular complexity index is 845. The van der Waals surface area contributed by atoms with Gasteiger partial charge in [-0.3, -0.25) is 0 Å². The summed E-state index contributed by atoms with van der Waals surface area (Å²) >= 11 is 17.9. The Labute approximate surface area is 169 Å². The van der Waals surface area contributed by atoms with Gasteiger partial charge in [-0.2, -0.15) is 0 Å². The van der Waals surface area contributed by atoms with Crippen molar-refractivity contribution in [3.8, 4) is 11.5 Å². The zero-order valence-electron chi connectivity index (χ0n) is 14.8. The monoisotopic (exact) mass is 410 g/mol.